The molecule has 0 unspecified atom stereocenters. The van der Waals surface area contributed by atoms with Gasteiger partial charge in [0.15, 0.2) is 0 Å². The second kappa shape index (κ2) is 17.7. The van der Waals surface area contributed by atoms with Crippen molar-refractivity contribution in [3.63, 3.8) is 0 Å². The molecule has 4 rings (SSSR count). The van der Waals surface area contributed by atoms with Gasteiger partial charge in [0.2, 0.25) is 11.8 Å². The zero-order valence-electron chi connectivity index (χ0n) is 29.1. The predicted molar refractivity (Wildman–Crippen MR) is 199 cm³/mol. The first kappa shape index (κ1) is 37.3. The minimum atomic E-state index is -1.01. The fraction of sp³-hybridized carbons (Fsp3) is 0.341. The lowest BCUT2D eigenvalue weighted by molar-refractivity contribution is -0.130. The molecule has 3 amide bonds. The van der Waals surface area contributed by atoms with Gasteiger partial charge >= 0.3 is 6.09 Å². The van der Waals surface area contributed by atoms with Gasteiger partial charge in [-0.15, -0.1) is 11.8 Å². The minimum absolute atomic E-state index is 0.146. The van der Waals surface area contributed by atoms with Crippen molar-refractivity contribution in [3.05, 3.63) is 144 Å². The standard InChI is InChI=1S/C41H49N3O4S/c1-6-30(2)36(38(46)42-28-27-31-19-11-7-12-20-31)44-37(45)35(43-39(47)48-40(3,4)5)29-49-41(32-21-13-8-14-22-32,33-23-15-9-16-24-33)34-25-17-10-18-26-34/h7-26,30,35-36H,6,27-29H2,1-5H3,(H,42,46)(H,43,47)(H,44,45)/t30-,35-,36-/m0/s1. The SMILES string of the molecule is CC[C@H](C)[C@H](NC(=O)[C@H](CSC(c1ccccc1)(c1ccccc1)c1ccccc1)NC(=O)OC(C)(C)C)C(=O)NCCc1ccccc1. The Morgan fingerprint density at radius 2 is 1.16 bits per heavy atom. The predicted octanol–water partition coefficient (Wildman–Crippen LogP) is 7.49. The number of ether oxygens (including phenoxy) is 1. The molecule has 0 fully saturated rings. The van der Waals surface area contributed by atoms with E-state index in [1.165, 1.54) is 0 Å². The maximum Gasteiger partial charge on any atom is 0.408 e. The molecular formula is C41H49N3O4S. The molecule has 0 saturated heterocycles. The van der Waals surface area contributed by atoms with Gasteiger partial charge in [0, 0.05) is 12.3 Å². The van der Waals surface area contributed by atoms with Crippen molar-refractivity contribution in [2.45, 2.75) is 69.9 Å². The monoisotopic (exact) mass is 679 g/mol. The largest absolute Gasteiger partial charge is 0.444 e. The lowest BCUT2D eigenvalue weighted by atomic mass is 9.84. The van der Waals surface area contributed by atoms with Crippen LogP contribution in [0.25, 0.3) is 0 Å². The van der Waals surface area contributed by atoms with Gasteiger partial charge in [-0.3, -0.25) is 9.59 Å². The van der Waals surface area contributed by atoms with E-state index in [1.54, 1.807) is 32.5 Å². The van der Waals surface area contributed by atoms with Gasteiger partial charge in [0.25, 0.3) is 0 Å². The van der Waals surface area contributed by atoms with Gasteiger partial charge < -0.3 is 20.7 Å². The van der Waals surface area contributed by atoms with E-state index in [2.05, 4.69) is 52.3 Å². The Balaban J connectivity index is 1.65. The Kier molecular flexibility index (Phi) is 13.5. The van der Waals surface area contributed by atoms with Crippen LogP contribution in [0, 0.1) is 5.92 Å². The van der Waals surface area contributed by atoms with Crippen LogP contribution in [0.4, 0.5) is 4.79 Å². The van der Waals surface area contributed by atoms with Crippen LogP contribution in [-0.2, 0) is 25.5 Å². The van der Waals surface area contributed by atoms with Gasteiger partial charge in [-0.05, 0) is 55.4 Å². The number of hydrogen-bond donors (Lipinski definition) is 3. The summed E-state index contributed by atoms with van der Waals surface area (Å²) < 4.78 is 4.88. The third kappa shape index (κ3) is 10.5. The number of carbonyl (C=O) groups excluding carboxylic acids is 3. The van der Waals surface area contributed by atoms with E-state index in [0.717, 1.165) is 22.3 Å². The maximum atomic E-state index is 14.2. The van der Waals surface area contributed by atoms with E-state index in [-0.39, 0.29) is 17.6 Å². The zero-order valence-corrected chi connectivity index (χ0v) is 30.0. The normalized spacial score (nSPS) is 13.4. The van der Waals surface area contributed by atoms with Crippen molar-refractivity contribution < 1.29 is 19.1 Å². The topological polar surface area (TPSA) is 96.5 Å². The van der Waals surface area contributed by atoms with E-state index in [9.17, 15) is 14.4 Å². The Labute approximate surface area is 295 Å². The van der Waals surface area contributed by atoms with Crippen LogP contribution in [0.15, 0.2) is 121 Å². The molecule has 0 aliphatic rings. The molecule has 4 aromatic carbocycles. The van der Waals surface area contributed by atoms with Crippen molar-refractivity contribution in [2.24, 2.45) is 5.92 Å². The molecule has 0 heterocycles. The summed E-state index contributed by atoms with van der Waals surface area (Å²) in [4.78, 5) is 40.9. The molecule has 4 aromatic rings. The molecular weight excluding hydrogens is 631 g/mol. The highest BCUT2D eigenvalue weighted by Crippen LogP contribution is 2.48. The quantitative estimate of drug-likeness (QED) is 0.113. The molecule has 0 saturated carbocycles. The van der Waals surface area contributed by atoms with E-state index < -0.39 is 34.4 Å². The van der Waals surface area contributed by atoms with Crippen molar-refractivity contribution in [1.29, 1.82) is 0 Å². The zero-order chi connectivity index (χ0) is 35.3. The van der Waals surface area contributed by atoms with Crippen LogP contribution in [0.1, 0.15) is 63.3 Å². The van der Waals surface area contributed by atoms with Crippen molar-refractivity contribution >= 4 is 29.7 Å². The van der Waals surface area contributed by atoms with Crippen LogP contribution >= 0.6 is 11.8 Å². The fourth-order valence-corrected chi connectivity index (χ4v) is 7.21. The average molecular weight is 680 g/mol. The number of benzene rings is 4. The van der Waals surface area contributed by atoms with Crippen molar-refractivity contribution in [3.8, 4) is 0 Å². The summed E-state index contributed by atoms with van der Waals surface area (Å²) in [5.41, 5.74) is 3.44. The van der Waals surface area contributed by atoms with Crippen molar-refractivity contribution in [2.75, 3.05) is 12.3 Å². The maximum absolute atomic E-state index is 14.2. The first-order chi connectivity index (χ1) is 23.5. The summed E-state index contributed by atoms with van der Waals surface area (Å²) in [6.45, 7) is 9.70. The first-order valence-electron chi connectivity index (χ1n) is 17.0. The van der Waals surface area contributed by atoms with Gasteiger partial charge in [0.1, 0.15) is 17.7 Å². The highest BCUT2D eigenvalue weighted by atomic mass is 32.2. The molecule has 49 heavy (non-hydrogen) atoms. The lowest BCUT2D eigenvalue weighted by Crippen LogP contribution is -2.57. The molecule has 3 atom stereocenters. The van der Waals surface area contributed by atoms with Gasteiger partial charge in [-0.2, -0.15) is 0 Å². The molecule has 0 aromatic heterocycles. The van der Waals surface area contributed by atoms with Gasteiger partial charge in [0.05, 0.1) is 4.75 Å². The second-order valence-corrected chi connectivity index (χ2v) is 14.4. The van der Waals surface area contributed by atoms with Gasteiger partial charge in [-0.25, -0.2) is 4.79 Å². The summed E-state index contributed by atoms with van der Waals surface area (Å²) in [5, 5.41) is 8.86. The molecule has 0 bridgehead atoms. The van der Waals surface area contributed by atoms with Crippen LogP contribution in [0.3, 0.4) is 0 Å². The summed E-state index contributed by atoms with van der Waals surface area (Å²) >= 11 is 1.55. The minimum Gasteiger partial charge on any atom is -0.444 e. The lowest BCUT2D eigenvalue weighted by Gasteiger charge is -2.36. The number of amides is 3. The highest BCUT2D eigenvalue weighted by molar-refractivity contribution is 8.00. The Hall–Kier alpha value is -4.56. The number of alkyl carbamates (subject to hydrolysis) is 1. The average Bonchev–Trinajstić information content (AvgIpc) is 3.11. The molecule has 7 nitrogen and oxygen atoms in total. The third-order valence-electron chi connectivity index (χ3n) is 8.36. The summed E-state index contributed by atoms with van der Waals surface area (Å²) in [6.07, 6.45) is 0.647. The first-order valence-corrected chi connectivity index (χ1v) is 17.9. The Morgan fingerprint density at radius 1 is 0.694 bits per heavy atom. The van der Waals surface area contributed by atoms with E-state index in [0.29, 0.717) is 19.4 Å². The number of thioether (sulfide) groups is 1. The number of carbonyl (C=O) groups is 3. The summed E-state index contributed by atoms with van der Waals surface area (Å²) in [7, 11) is 0. The van der Waals surface area contributed by atoms with Gasteiger partial charge in [-0.1, -0.05) is 142 Å². The Morgan fingerprint density at radius 3 is 1.61 bits per heavy atom. The number of nitrogens with one attached hydrogen (secondary N) is 3. The van der Waals surface area contributed by atoms with Crippen LogP contribution in [0.5, 0.6) is 0 Å². The summed E-state index contributed by atoms with van der Waals surface area (Å²) in [6, 6.07) is 38.6. The van der Waals surface area contributed by atoms with Crippen LogP contribution in [-0.4, -0.2) is 47.9 Å². The molecule has 0 aliphatic carbocycles. The number of rotatable bonds is 15. The van der Waals surface area contributed by atoms with Crippen LogP contribution in [0.2, 0.25) is 0 Å². The second-order valence-electron chi connectivity index (χ2n) is 13.2. The smallest absolute Gasteiger partial charge is 0.408 e. The molecule has 0 radical (unpaired) electrons. The Bertz CT molecular complexity index is 1520. The molecule has 0 aliphatic heterocycles. The highest BCUT2D eigenvalue weighted by Gasteiger charge is 2.39. The molecule has 3 N–H and O–H groups in total. The molecule has 0 spiro atoms. The van der Waals surface area contributed by atoms with E-state index in [1.807, 2.05) is 98.8 Å². The molecule has 8 heteroatoms. The van der Waals surface area contributed by atoms with E-state index >= 15 is 0 Å². The van der Waals surface area contributed by atoms with Crippen molar-refractivity contribution in [1.82, 2.24) is 16.0 Å². The molecule has 258 valence electrons. The van der Waals surface area contributed by atoms with E-state index in [4.69, 9.17) is 4.74 Å². The summed E-state index contributed by atoms with van der Waals surface area (Å²) in [5.74, 6) is -0.668. The third-order valence-corrected chi connectivity index (χ3v) is 10.0. The number of hydrogen-bond acceptors (Lipinski definition) is 5. The fourth-order valence-electron chi connectivity index (χ4n) is 5.65. The van der Waals surface area contributed by atoms with Crippen LogP contribution < -0.4 is 16.0 Å².